The van der Waals surface area contributed by atoms with Gasteiger partial charge in [0, 0.05) is 18.5 Å². The highest BCUT2D eigenvalue weighted by Crippen LogP contribution is 2.35. The van der Waals surface area contributed by atoms with Gasteiger partial charge in [0.15, 0.2) is 11.5 Å². The third-order valence-corrected chi connectivity index (χ3v) is 2.99. The fraction of sp³-hybridized carbons (Fsp3) is 0.500. The maximum Gasteiger partial charge on any atom is 0.231 e. The predicted octanol–water partition coefficient (Wildman–Crippen LogP) is 1.40. The Bertz CT molecular complexity index is 375. The molecule has 2 heterocycles. The SMILES string of the molecule is c1cc2c(cc1OCC1CCNC1)OCO2. The topological polar surface area (TPSA) is 39.7 Å². The summed E-state index contributed by atoms with van der Waals surface area (Å²) in [7, 11) is 0. The molecule has 0 saturated carbocycles. The van der Waals surface area contributed by atoms with Gasteiger partial charge in [0.1, 0.15) is 5.75 Å². The summed E-state index contributed by atoms with van der Waals surface area (Å²) in [6.45, 7) is 3.25. The molecule has 0 amide bonds. The maximum absolute atomic E-state index is 5.74. The van der Waals surface area contributed by atoms with E-state index in [0.717, 1.165) is 36.9 Å². The molecule has 3 rings (SSSR count). The monoisotopic (exact) mass is 221 g/mol. The van der Waals surface area contributed by atoms with Crippen molar-refractivity contribution in [3.63, 3.8) is 0 Å². The van der Waals surface area contributed by atoms with Crippen molar-refractivity contribution in [2.75, 3.05) is 26.5 Å². The summed E-state index contributed by atoms with van der Waals surface area (Å²) in [6, 6.07) is 5.71. The number of nitrogens with one attached hydrogen (secondary N) is 1. The molecule has 0 spiro atoms. The van der Waals surface area contributed by atoms with Crippen LogP contribution in [0.25, 0.3) is 0 Å². The van der Waals surface area contributed by atoms with Gasteiger partial charge in [-0.3, -0.25) is 0 Å². The third kappa shape index (κ3) is 1.93. The molecular weight excluding hydrogens is 206 g/mol. The Morgan fingerprint density at radius 2 is 2.25 bits per heavy atom. The van der Waals surface area contributed by atoms with Gasteiger partial charge in [-0.1, -0.05) is 0 Å². The summed E-state index contributed by atoms with van der Waals surface area (Å²) in [4.78, 5) is 0. The van der Waals surface area contributed by atoms with Crippen molar-refractivity contribution in [3.8, 4) is 17.2 Å². The molecule has 0 aromatic heterocycles. The van der Waals surface area contributed by atoms with Crippen molar-refractivity contribution in [2.45, 2.75) is 6.42 Å². The Balaban J connectivity index is 1.61. The lowest BCUT2D eigenvalue weighted by molar-refractivity contribution is 0.173. The molecule has 16 heavy (non-hydrogen) atoms. The number of fused-ring (bicyclic) bond motifs is 1. The fourth-order valence-electron chi connectivity index (χ4n) is 2.04. The molecule has 0 bridgehead atoms. The van der Waals surface area contributed by atoms with E-state index in [2.05, 4.69) is 5.32 Å². The highest BCUT2D eigenvalue weighted by molar-refractivity contribution is 5.46. The van der Waals surface area contributed by atoms with Crippen molar-refractivity contribution in [1.29, 1.82) is 0 Å². The molecule has 0 radical (unpaired) electrons. The van der Waals surface area contributed by atoms with Crippen LogP contribution in [-0.2, 0) is 0 Å². The van der Waals surface area contributed by atoms with Gasteiger partial charge < -0.3 is 19.5 Å². The number of hydrogen-bond donors (Lipinski definition) is 1. The number of rotatable bonds is 3. The lowest BCUT2D eigenvalue weighted by atomic mass is 10.1. The normalized spacial score (nSPS) is 22.4. The average molecular weight is 221 g/mol. The molecule has 4 heteroatoms. The van der Waals surface area contributed by atoms with Crippen molar-refractivity contribution in [1.82, 2.24) is 5.32 Å². The van der Waals surface area contributed by atoms with Crippen LogP contribution in [0.15, 0.2) is 18.2 Å². The van der Waals surface area contributed by atoms with Crippen LogP contribution in [0.3, 0.4) is 0 Å². The smallest absolute Gasteiger partial charge is 0.231 e. The molecular formula is C12H15NO3. The van der Waals surface area contributed by atoms with E-state index in [1.165, 1.54) is 6.42 Å². The lowest BCUT2D eigenvalue weighted by Crippen LogP contribution is -2.15. The van der Waals surface area contributed by atoms with Crippen LogP contribution in [0.2, 0.25) is 0 Å². The van der Waals surface area contributed by atoms with Crippen LogP contribution in [0.5, 0.6) is 17.2 Å². The van der Waals surface area contributed by atoms with E-state index in [1.807, 2.05) is 18.2 Å². The highest BCUT2D eigenvalue weighted by Gasteiger charge is 2.17. The first-order chi connectivity index (χ1) is 7.92. The Morgan fingerprint density at radius 1 is 1.31 bits per heavy atom. The van der Waals surface area contributed by atoms with E-state index < -0.39 is 0 Å². The van der Waals surface area contributed by atoms with Crippen LogP contribution in [0, 0.1) is 5.92 Å². The van der Waals surface area contributed by atoms with Crippen molar-refractivity contribution < 1.29 is 14.2 Å². The van der Waals surface area contributed by atoms with Crippen molar-refractivity contribution >= 4 is 0 Å². The fourth-order valence-corrected chi connectivity index (χ4v) is 2.04. The zero-order valence-corrected chi connectivity index (χ0v) is 9.07. The molecule has 1 aromatic carbocycles. The number of benzene rings is 1. The summed E-state index contributed by atoms with van der Waals surface area (Å²) in [5, 5.41) is 3.33. The second-order valence-electron chi connectivity index (χ2n) is 4.18. The van der Waals surface area contributed by atoms with Crippen LogP contribution in [0.4, 0.5) is 0 Å². The Morgan fingerprint density at radius 3 is 3.12 bits per heavy atom. The quantitative estimate of drug-likeness (QED) is 0.837. The third-order valence-electron chi connectivity index (χ3n) is 2.99. The minimum absolute atomic E-state index is 0.311. The molecule has 1 saturated heterocycles. The summed E-state index contributed by atoms with van der Waals surface area (Å²) < 4.78 is 16.3. The zero-order chi connectivity index (χ0) is 10.8. The molecule has 86 valence electrons. The van der Waals surface area contributed by atoms with Gasteiger partial charge in [0.25, 0.3) is 0 Å². The lowest BCUT2D eigenvalue weighted by Gasteiger charge is -2.10. The molecule has 1 aromatic rings. The number of hydrogen-bond acceptors (Lipinski definition) is 4. The Kier molecular flexibility index (Phi) is 2.58. The molecule has 1 unspecified atom stereocenters. The van der Waals surface area contributed by atoms with Crippen LogP contribution >= 0.6 is 0 Å². The predicted molar refractivity (Wildman–Crippen MR) is 59.0 cm³/mol. The van der Waals surface area contributed by atoms with E-state index in [9.17, 15) is 0 Å². The van der Waals surface area contributed by atoms with E-state index in [1.54, 1.807) is 0 Å². The largest absolute Gasteiger partial charge is 0.493 e. The molecule has 2 aliphatic heterocycles. The van der Waals surface area contributed by atoms with Gasteiger partial charge >= 0.3 is 0 Å². The van der Waals surface area contributed by atoms with Crippen molar-refractivity contribution in [3.05, 3.63) is 18.2 Å². The maximum atomic E-state index is 5.74. The van der Waals surface area contributed by atoms with Gasteiger partial charge in [-0.2, -0.15) is 0 Å². The molecule has 0 aliphatic carbocycles. The molecule has 4 nitrogen and oxygen atoms in total. The van der Waals surface area contributed by atoms with Crippen molar-refractivity contribution in [2.24, 2.45) is 5.92 Å². The first-order valence-electron chi connectivity index (χ1n) is 5.65. The Labute approximate surface area is 94.5 Å². The second kappa shape index (κ2) is 4.22. The van der Waals surface area contributed by atoms with Gasteiger partial charge in [-0.15, -0.1) is 0 Å². The molecule has 2 aliphatic rings. The highest BCUT2D eigenvalue weighted by atomic mass is 16.7. The first-order valence-corrected chi connectivity index (χ1v) is 5.65. The summed E-state index contributed by atoms with van der Waals surface area (Å²) in [5.41, 5.74) is 0. The molecule has 1 atom stereocenters. The summed E-state index contributed by atoms with van der Waals surface area (Å²) in [5.74, 6) is 3.07. The van der Waals surface area contributed by atoms with E-state index >= 15 is 0 Å². The van der Waals surface area contributed by atoms with Gasteiger partial charge in [0.05, 0.1) is 6.61 Å². The molecule has 1 fully saturated rings. The summed E-state index contributed by atoms with van der Waals surface area (Å²) >= 11 is 0. The minimum atomic E-state index is 0.311. The van der Waals surface area contributed by atoms with E-state index in [-0.39, 0.29) is 0 Å². The van der Waals surface area contributed by atoms with Crippen LogP contribution < -0.4 is 19.5 Å². The molecule has 1 N–H and O–H groups in total. The number of ether oxygens (including phenoxy) is 3. The van der Waals surface area contributed by atoms with E-state index in [4.69, 9.17) is 14.2 Å². The Hall–Kier alpha value is -1.42. The first kappa shape index (κ1) is 9.78. The van der Waals surface area contributed by atoms with E-state index in [0.29, 0.717) is 12.7 Å². The zero-order valence-electron chi connectivity index (χ0n) is 9.07. The standard InChI is InChI=1S/C12H15NO3/c1-2-11-12(16-8-15-11)5-10(1)14-7-9-3-4-13-6-9/h1-2,5,9,13H,3-4,6-8H2. The minimum Gasteiger partial charge on any atom is -0.493 e. The summed E-state index contributed by atoms with van der Waals surface area (Å²) in [6.07, 6.45) is 1.20. The van der Waals surface area contributed by atoms with Gasteiger partial charge in [-0.05, 0) is 25.1 Å². The van der Waals surface area contributed by atoms with Gasteiger partial charge in [0.2, 0.25) is 6.79 Å². The van der Waals surface area contributed by atoms with Crippen LogP contribution in [0.1, 0.15) is 6.42 Å². The second-order valence-corrected chi connectivity index (χ2v) is 4.18. The van der Waals surface area contributed by atoms with Gasteiger partial charge in [-0.25, -0.2) is 0 Å². The van der Waals surface area contributed by atoms with Crippen LogP contribution in [-0.4, -0.2) is 26.5 Å². The average Bonchev–Trinajstić information content (AvgIpc) is 2.97.